The van der Waals surface area contributed by atoms with Crippen molar-refractivity contribution in [3.8, 4) is 5.75 Å². The highest BCUT2D eigenvalue weighted by Gasteiger charge is 2.32. The molecule has 0 aromatic heterocycles. The zero-order valence-corrected chi connectivity index (χ0v) is 14.6. The Labute approximate surface area is 148 Å². The van der Waals surface area contributed by atoms with E-state index < -0.39 is 0 Å². The van der Waals surface area contributed by atoms with Crippen LogP contribution < -0.4 is 10.5 Å². The number of para-hydroxylation sites is 1. The quantitative estimate of drug-likeness (QED) is 0.891. The van der Waals surface area contributed by atoms with Gasteiger partial charge in [-0.15, -0.1) is 0 Å². The van der Waals surface area contributed by atoms with Gasteiger partial charge in [-0.1, -0.05) is 18.2 Å². The second-order valence-electron chi connectivity index (χ2n) is 6.94. The Morgan fingerprint density at radius 3 is 2.48 bits per heavy atom. The van der Waals surface area contributed by atoms with E-state index in [0.717, 1.165) is 38.8 Å². The normalized spacial score (nSPS) is 21.9. The largest absolute Gasteiger partial charge is 0.484 e. The number of nitrogens with zero attached hydrogens (tertiary/aromatic N) is 2. The zero-order valence-electron chi connectivity index (χ0n) is 14.6. The van der Waals surface area contributed by atoms with Gasteiger partial charge in [-0.2, -0.15) is 0 Å². The maximum absolute atomic E-state index is 12.7. The average molecular weight is 345 g/mol. The average Bonchev–Trinajstić information content (AvgIpc) is 2.67. The minimum atomic E-state index is -0.0938. The second-order valence-corrected chi connectivity index (χ2v) is 6.94. The summed E-state index contributed by atoms with van der Waals surface area (Å²) in [6.45, 7) is 2.69. The number of piperidine rings is 2. The number of carbonyl (C=O) groups is 2. The van der Waals surface area contributed by atoms with E-state index >= 15 is 0 Å². The van der Waals surface area contributed by atoms with E-state index in [9.17, 15) is 9.59 Å². The minimum absolute atomic E-state index is 0.0174. The van der Waals surface area contributed by atoms with E-state index in [1.54, 1.807) is 4.90 Å². The third kappa shape index (κ3) is 4.72. The summed E-state index contributed by atoms with van der Waals surface area (Å²) in [7, 11) is 0. The van der Waals surface area contributed by atoms with Crippen molar-refractivity contribution in [3.05, 3.63) is 30.3 Å². The molecule has 1 aromatic rings. The number of benzene rings is 1. The monoisotopic (exact) mass is 345 g/mol. The van der Waals surface area contributed by atoms with Crippen molar-refractivity contribution in [1.29, 1.82) is 0 Å². The van der Waals surface area contributed by atoms with Crippen LogP contribution in [-0.2, 0) is 9.59 Å². The molecule has 2 N–H and O–H groups in total. The summed E-state index contributed by atoms with van der Waals surface area (Å²) in [5.41, 5.74) is 5.91. The Kier molecular flexibility index (Phi) is 5.91. The Morgan fingerprint density at radius 1 is 1.04 bits per heavy atom. The highest BCUT2D eigenvalue weighted by atomic mass is 16.5. The lowest BCUT2D eigenvalue weighted by Crippen LogP contribution is -2.50. The van der Waals surface area contributed by atoms with Crippen LogP contribution in [0.4, 0.5) is 0 Å². The molecule has 0 aliphatic carbocycles. The Morgan fingerprint density at radius 2 is 1.76 bits per heavy atom. The van der Waals surface area contributed by atoms with Crippen LogP contribution in [0.1, 0.15) is 25.7 Å². The van der Waals surface area contributed by atoms with Gasteiger partial charge in [0.25, 0.3) is 5.91 Å². The molecule has 0 saturated carbocycles. The Hall–Kier alpha value is -2.08. The highest BCUT2D eigenvalue weighted by Crippen LogP contribution is 2.21. The van der Waals surface area contributed by atoms with Gasteiger partial charge in [0, 0.05) is 32.2 Å². The van der Waals surface area contributed by atoms with E-state index in [1.807, 2.05) is 35.2 Å². The first-order valence-corrected chi connectivity index (χ1v) is 9.13. The maximum Gasteiger partial charge on any atom is 0.260 e. The number of amides is 2. The van der Waals surface area contributed by atoms with Gasteiger partial charge in [0.1, 0.15) is 5.75 Å². The lowest BCUT2D eigenvalue weighted by atomic mass is 9.95. The molecule has 1 aromatic carbocycles. The molecule has 0 bridgehead atoms. The third-order valence-corrected chi connectivity index (χ3v) is 5.08. The molecule has 2 fully saturated rings. The van der Waals surface area contributed by atoms with E-state index in [0.29, 0.717) is 18.8 Å². The van der Waals surface area contributed by atoms with Gasteiger partial charge in [0.15, 0.2) is 6.61 Å². The van der Waals surface area contributed by atoms with Crippen molar-refractivity contribution in [3.63, 3.8) is 0 Å². The molecular weight excluding hydrogens is 318 g/mol. The number of hydrogen-bond donors (Lipinski definition) is 1. The molecule has 6 heteroatoms. The molecule has 2 heterocycles. The van der Waals surface area contributed by atoms with E-state index in [4.69, 9.17) is 10.5 Å². The number of ether oxygens (including phenoxy) is 1. The van der Waals surface area contributed by atoms with Crippen LogP contribution in [0.5, 0.6) is 5.75 Å². The van der Waals surface area contributed by atoms with E-state index in [2.05, 4.69) is 0 Å². The lowest BCUT2D eigenvalue weighted by Gasteiger charge is -2.37. The SMILES string of the molecule is NC1CCN(C(=O)C2CCCN(C(=O)COc3ccccc3)C2)CC1. The van der Waals surface area contributed by atoms with Crippen molar-refractivity contribution in [2.24, 2.45) is 11.7 Å². The molecule has 2 aliphatic rings. The highest BCUT2D eigenvalue weighted by molar-refractivity contribution is 5.82. The van der Waals surface area contributed by atoms with Crippen molar-refractivity contribution in [1.82, 2.24) is 9.80 Å². The molecule has 25 heavy (non-hydrogen) atoms. The van der Waals surface area contributed by atoms with Crippen LogP contribution in [0.2, 0.25) is 0 Å². The minimum Gasteiger partial charge on any atom is -0.484 e. The lowest BCUT2D eigenvalue weighted by molar-refractivity contribution is -0.142. The van der Waals surface area contributed by atoms with Crippen molar-refractivity contribution < 1.29 is 14.3 Å². The van der Waals surface area contributed by atoms with Crippen LogP contribution in [0.3, 0.4) is 0 Å². The number of hydrogen-bond acceptors (Lipinski definition) is 4. The summed E-state index contributed by atoms with van der Waals surface area (Å²) in [6.07, 6.45) is 3.45. The number of rotatable bonds is 4. The maximum atomic E-state index is 12.7. The summed E-state index contributed by atoms with van der Waals surface area (Å²) < 4.78 is 5.54. The molecule has 0 spiro atoms. The molecule has 1 unspecified atom stereocenters. The molecule has 1 atom stereocenters. The van der Waals surface area contributed by atoms with Crippen LogP contribution in [0.25, 0.3) is 0 Å². The summed E-state index contributed by atoms with van der Waals surface area (Å²) in [6, 6.07) is 9.53. The first-order valence-electron chi connectivity index (χ1n) is 9.13. The molecule has 0 radical (unpaired) electrons. The summed E-state index contributed by atoms with van der Waals surface area (Å²) in [5.74, 6) is 0.712. The van der Waals surface area contributed by atoms with E-state index in [-0.39, 0.29) is 30.4 Å². The van der Waals surface area contributed by atoms with Crippen molar-refractivity contribution in [2.75, 3.05) is 32.8 Å². The zero-order chi connectivity index (χ0) is 17.6. The van der Waals surface area contributed by atoms with Gasteiger partial charge in [-0.3, -0.25) is 9.59 Å². The van der Waals surface area contributed by atoms with Gasteiger partial charge in [-0.25, -0.2) is 0 Å². The Bertz CT molecular complexity index is 585. The molecule has 2 aliphatic heterocycles. The van der Waals surface area contributed by atoms with Gasteiger partial charge < -0.3 is 20.3 Å². The van der Waals surface area contributed by atoms with Crippen LogP contribution >= 0.6 is 0 Å². The summed E-state index contributed by atoms with van der Waals surface area (Å²) in [4.78, 5) is 28.8. The van der Waals surface area contributed by atoms with Crippen LogP contribution in [-0.4, -0.2) is 60.4 Å². The van der Waals surface area contributed by atoms with Crippen LogP contribution in [0.15, 0.2) is 30.3 Å². The third-order valence-electron chi connectivity index (χ3n) is 5.08. The van der Waals surface area contributed by atoms with Gasteiger partial charge >= 0.3 is 0 Å². The molecule has 6 nitrogen and oxygen atoms in total. The number of nitrogens with two attached hydrogens (primary N) is 1. The predicted octanol–water partition coefficient (Wildman–Crippen LogP) is 1.25. The Balaban J connectivity index is 1.50. The standard InChI is InChI=1S/C19H27N3O3/c20-16-8-11-21(12-9-16)19(24)15-5-4-10-22(13-15)18(23)14-25-17-6-2-1-3-7-17/h1-3,6-7,15-16H,4-5,8-14,20H2. The van der Waals surface area contributed by atoms with Gasteiger partial charge in [-0.05, 0) is 37.8 Å². The molecule has 2 saturated heterocycles. The van der Waals surface area contributed by atoms with Crippen LogP contribution in [0, 0.1) is 5.92 Å². The number of carbonyl (C=O) groups excluding carboxylic acids is 2. The molecule has 136 valence electrons. The molecular formula is C19H27N3O3. The second kappa shape index (κ2) is 8.34. The first-order chi connectivity index (χ1) is 12.1. The molecule has 3 rings (SSSR count). The first kappa shape index (κ1) is 17.7. The van der Waals surface area contributed by atoms with Crippen molar-refractivity contribution in [2.45, 2.75) is 31.7 Å². The van der Waals surface area contributed by atoms with E-state index in [1.165, 1.54) is 0 Å². The van der Waals surface area contributed by atoms with Gasteiger partial charge in [0.05, 0.1) is 5.92 Å². The fraction of sp³-hybridized carbons (Fsp3) is 0.579. The summed E-state index contributed by atoms with van der Waals surface area (Å²) in [5, 5.41) is 0. The topological polar surface area (TPSA) is 75.9 Å². The number of likely N-dealkylation sites (tertiary alicyclic amines) is 2. The fourth-order valence-electron chi connectivity index (χ4n) is 3.54. The molecule has 2 amide bonds. The van der Waals surface area contributed by atoms with Gasteiger partial charge in [0.2, 0.25) is 5.91 Å². The summed E-state index contributed by atoms with van der Waals surface area (Å²) >= 11 is 0. The van der Waals surface area contributed by atoms with Crippen molar-refractivity contribution >= 4 is 11.8 Å². The smallest absolute Gasteiger partial charge is 0.260 e. The fourth-order valence-corrected chi connectivity index (χ4v) is 3.54. The predicted molar refractivity (Wildman–Crippen MR) is 95.0 cm³/mol.